The minimum Gasteiger partial charge on any atom is -0.370 e. The fourth-order valence-electron chi connectivity index (χ4n) is 1.50. The van der Waals surface area contributed by atoms with Crippen LogP contribution in [0.3, 0.4) is 0 Å². The van der Waals surface area contributed by atoms with E-state index < -0.39 is 0 Å². The lowest BCUT2D eigenvalue weighted by atomic mass is 10.4. The van der Waals surface area contributed by atoms with E-state index in [-0.39, 0.29) is 5.95 Å². The first-order chi connectivity index (χ1) is 9.28. The Morgan fingerprint density at radius 3 is 2.58 bits per heavy atom. The molecule has 8 heteroatoms. The van der Waals surface area contributed by atoms with Gasteiger partial charge < -0.3 is 20.9 Å². The Balaban J connectivity index is 1.90. The van der Waals surface area contributed by atoms with Crippen LogP contribution in [0.2, 0.25) is 0 Å². The molecule has 0 aliphatic rings. The molecule has 0 bridgehead atoms. The van der Waals surface area contributed by atoms with Crippen LogP contribution < -0.4 is 16.4 Å². The summed E-state index contributed by atoms with van der Waals surface area (Å²) < 4.78 is 4.90. The van der Waals surface area contributed by atoms with E-state index in [1.54, 1.807) is 0 Å². The molecule has 2 aromatic heterocycles. The summed E-state index contributed by atoms with van der Waals surface area (Å²) >= 11 is 0. The number of hydrogen-bond acceptors (Lipinski definition) is 8. The van der Waals surface area contributed by atoms with Crippen molar-refractivity contribution in [2.75, 3.05) is 29.5 Å². The van der Waals surface area contributed by atoms with E-state index in [2.05, 4.69) is 37.7 Å². The molecule has 0 spiro atoms. The van der Waals surface area contributed by atoms with Gasteiger partial charge >= 0.3 is 0 Å². The summed E-state index contributed by atoms with van der Waals surface area (Å²) in [5, 5.41) is 9.85. The van der Waals surface area contributed by atoms with E-state index >= 15 is 0 Å². The first-order valence-corrected chi connectivity index (χ1v) is 6.15. The molecule has 0 fully saturated rings. The minimum atomic E-state index is 0.237. The van der Waals surface area contributed by atoms with Gasteiger partial charge in [0.05, 0.1) is 0 Å². The number of nitrogens with two attached hydrogens (primary N) is 1. The molecule has 19 heavy (non-hydrogen) atoms. The Kier molecular flexibility index (Phi) is 4.49. The number of anilines is 3. The zero-order valence-electron chi connectivity index (χ0n) is 10.8. The van der Waals surface area contributed by atoms with E-state index in [1.165, 1.54) is 6.33 Å². The van der Waals surface area contributed by atoms with Crippen LogP contribution in [0.4, 0.5) is 17.6 Å². The minimum absolute atomic E-state index is 0.237. The highest BCUT2D eigenvalue weighted by atomic mass is 16.5. The average Bonchev–Trinajstić information content (AvgIpc) is 2.89. The Morgan fingerprint density at radius 1 is 1.21 bits per heavy atom. The monoisotopic (exact) mass is 263 g/mol. The van der Waals surface area contributed by atoms with Crippen molar-refractivity contribution in [1.29, 1.82) is 0 Å². The van der Waals surface area contributed by atoms with Gasteiger partial charge in [-0.05, 0) is 6.42 Å². The second kappa shape index (κ2) is 6.53. The molecule has 2 aromatic rings. The van der Waals surface area contributed by atoms with Crippen LogP contribution >= 0.6 is 0 Å². The van der Waals surface area contributed by atoms with Crippen molar-refractivity contribution in [3.05, 3.63) is 18.3 Å². The predicted molar refractivity (Wildman–Crippen MR) is 71.7 cm³/mol. The lowest BCUT2D eigenvalue weighted by molar-refractivity contribution is 0.379. The molecule has 2 heterocycles. The van der Waals surface area contributed by atoms with E-state index in [0.717, 1.165) is 18.8 Å². The molecule has 4 N–H and O–H groups in total. The molecule has 0 aliphatic carbocycles. The first kappa shape index (κ1) is 13.1. The summed E-state index contributed by atoms with van der Waals surface area (Å²) in [6, 6.07) is 1.82. The third kappa shape index (κ3) is 4.09. The van der Waals surface area contributed by atoms with Gasteiger partial charge in [-0.2, -0.15) is 15.0 Å². The van der Waals surface area contributed by atoms with Gasteiger partial charge in [-0.25, -0.2) is 0 Å². The Morgan fingerprint density at radius 2 is 1.95 bits per heavy atom. The van der Waals surface area contributed by atoms with Crippen molar-refractivity contribution in [2.24, 2.45) is 0 Å². The van der Waals surface area contributed by atoms with Crippen LogP contribution in [-0.2, 0) is 6.42 Å². The molecule has 8 nitrogen and oxygen atoms in total. The normalized spacial score (nSPS) is 10.4. The van der Waals surface area contributed by atoms with Gasteiger partial charge in [0, 0.05) is 25.6 Å². The van der Waals surface area contributed by atoms with Gasteiger partial charge in [0.2, 0.25) is 11.8 Å². The topological polar surface area (TPSA) is 115 Å². The highest BCUT2D eigenvalue weighted by Crippen LogP contribution is 2.12. The third-order valence-electron chi connectivity index (χ3n) is 2.35. The molecule has 0 saturated heterocycles. The van der Waals surface area contributed by atoms with E-state index in [0.29, 0.717) is 24.7 Å². The molecule has 0 amide bonds. The van der Waals surface area contributed by atoms with Gasteiger partial charge in [-0.3, -0.25) is 0 Å². The smallest absolute Gasteiger partial charge is 0.228 e. The van der Waals surface area contributed by atoms with Gasteiger partial charge in [0.15, 0.2) is 6.33 Å². The second-order valence-electron chi connectivity index (χ2n) is 3.94. The number of rotatable bonds is 7. The quantitative estimate of drug-likeness (QED) is 0.675. The number of nitrogens with zero attached hydrogens (tertiary/aromatic N) is 4. The van der Waals surface area contributed by atoms with Crippen LogP contribution in [0.1, 0.15) is 19.2 Å². The first-order valence-electron chi connectivity index (χ1n) is 6.15. The van der Waals surface area contributed by atoms with Gasteiger partial charge in [-0.15, -0.1) is 0 Å². The lowest BCUT2D eigenvalue weighted by Gasteiger charge is -2.08. The summed E-state index contributed by atoms with van der Waals surface area (Å²) in [6.45, 7) is 3.56. The molecule has 0 aromatic carbocycles. The van der Waals surface area contributed by atoms with Crippen molar-refractivity contribution < 1.29 is 4.52 Å². The van der Waals surface area contributed by atoms with Crippen molar-refractivity contribution >= 4 is 17.6 Å². The Labute approximate surface area is 110 Å². The van der Waals surface area contributed by atoms with Gasteiger partial charge in [-0.1, -0.05) is 12.1 Å². The molecule has 0 radical (unpaired) electrons. The summed E-state index contributed by atoms with van der Waals surface area (Å²) in [7, 11) is 0. The van der Waals surface area contributed by atoms with Crippen molar-refractivity contribution in [3.63, 3.8) is 0 Å². The maximum absolute atomic E-state index is 5.65. The maximum Gasteiger partial charge on any atom is 0.228 e. The summed E-state index contributed by atoms with van der Waals surface area (Å²) in [4.78, 5) is 12.1. The molecule has 2 rings (SSSR count). The highest BCUT2D eigenvalue weighted by Gasteiger charge is 2.03. The zero-order chi connectivity index (χ0) is 13.5. The molecule has 0 unspecified atom stereocenters. The number of aromatic nitrogens is 4. The van der Waals surface area contributed by atoms with Crippen LogP contribution in [0.15, 0.2) is 16.9 Å². The predicted octanol–water partition coefficient (Wildman–Crippen LogP) is 0.918. The Hall–Kier alpha value is -2.38. The molecule has 0 saturated carbocycles. The van der Waals surface area contributed by atoms with Gasteiger partial charge in [0.1, 0.15) is 11.6 Å². The fourth-order valence-corrected chi connectivity index (χ4v) is 1.50. The number of nitrogen functional groups attached to an aromatic ring is 1. The molecule has 102 valence electrons. The fraction of sp³-hybridized carbons (Fsp3) is 0.455. The molecule has 0 atom stereocenters. The molecule has 0 aliphatic heterocycles. The number of hydrogen-bond donors (Lipinski definition) is 3. The van der Waals surface area contributed by atoms with E-state index in [9.17, 15) is 0 Å². The maximum atomic E-state index is 5.65. The highest BCUT2D eigenvalue weighted by molar-refractivity contribution is 5.50. The molecular formula is C11H17N7O. The lowest BCUT2D eigenvalue weighted by Crippen LogP contribution is -2.10. The summed E-state index contributed by atoms with van der Waals surface area (Å²) in [5.41, 5.74) is 5.65. The van der Waals surface area contributed by atoms with Crippen LogP contribution in [-0.4, -0.2) is 33.2 Å². The van der Waals surface area contributed by atoms with Crippen molar-refractivity contribution in [1.82, 2.24) is 20.1 Å². The van der Waals surface area contributed by atoms with Gasteiger partial charge in [0.25, 0.3) is 0 Å². The van der Waals surface area contributed by atoms with E-state index in [1.807, 2.05) is 6.07 Å². The largest absolute Gasteiger partial charge is 0.370 e. The van der Waals surface area contributed by atoms with E-state index in [4.69, 9.17) is 10.3 Å². The SMILES string of the molecule is CCCNc1cc(NCCc2ncno2)nc(N)n1. The summed E-state index contributed by atoms with van der Waals surface area (Å²) in [5.74, 6) is 2.21. The van der Waals surface area contributed by atoms with Crippen molar-refractivity contribution in [3.8, 4) is 0 Å². The summed E-state index contributed by atoms with van der Waals surface area (Å²) in [6.07, 6.45) is 3.02. The van der Waals surface area contributed by atoms with Crippen LogP contribution in [0.5, 0.6) is 0 Å². The standard InChI is InChI=1S/C11H17N7O/c1-2-4-13-8-6-9(18-11(12)17-8)14-5-3-10-15-7-16-19-10/h6-7H,2-5H2,1H3,(H4,12,13,14,17,18). The van der Waals surface area contributed by atoms with Crippen LogP contribution in [0, 0.1) is 0 Å². The van der Waals surface area contributed by atoms with Crippen LogP contribution in [0.25, 0.3) is 0 Å². The Bertz CT molecular complexity index is 500. The molecular weight excluding hydrogens is 246 g/mol. The second-order valence-corrected chi connectivity index (χ2v) is 3.94. The average molecular weight is 263 g/mol. The number of nitrogens with one attached hydrogen (secondary N) is 2. The van der Waals surface area contributed by atoms with Crippen molar-refractivity contribution in [2.45, 2.75) is 19.8 Å². The third-order valence-corrected chi connectivity index (χ3v) is 2.35. The zero-order valence-corrected chi connectivity index (χ0v) is 10.8.